The molecule has 1 amide bonds. The van der Waals surface area contributed by atoms with E-state index in [0.717, 1.165) is 17.0 Å². The molecule has 152 valence electrons. The van der Waals surface area contributed by atoms with Crippen LogP contribution in [0.25, 0.3) is 0 Å². The molecule has 1 fully saturated rings. The summed E-state index contributed by atoms with van der Waals surface area (Å²) in [5.41, 5.74) is -0.984. The molecule has 0 saturated carbocycles. The fourth-order valence-corrected chi connectivity index (χ4v) is 2.53. The largest absolute Gasteiger partial charge is 0.514 e. The van der Waals surface area contributed by atoms with Gasteiger partial charge in [0.1, 0.15) is 23.5 Å². The molecule has 0 aromatic heterocycles. The molecule has 0 bridgehead atoms. The van der Waals surface area contributed by atoms with Gasteiger partial charge in [-0.15, -0.1) is 0 Å². The number of carboxylic acids is 1. The highest BCUT2D eigenvalue weighted by Gasteiger charge is 2.43. The number of hydrogen-bond acceptors (Lipinski definition) is 8. The fourth-order valence-electron chi connectivity index (χ4n) is 2.53. The molecule has 11 nitrogen and oxygen atoms in total. The van der Waals surface area contributed by atoms with Gasteiger partial charge in [-0.1, -0.05) is 0 Å². The lowest BCUT2D eigenvalue weighted by molar-refractivity contribution is -0.384. The molecule has 0 unspecified atom stereocenters. The minimum Gasteiger partial charge on any atom is -0.480 e. The van der Waals surface area contributed by atoms with Crippen molar-refractivity contribution in [3.63, 3.8) is 0 Å². The first-order valence-corrected chi connectivity index (χ1v) is 8.31. The van der Waals surface area contributed by atoms with E-state index in [1.165, 1.54) is 12.1 Å². The lowest BCUT2D eigenvalue weighted by Gasteiger charge is -2.26. The van der Waals surface area contributed by atoms with Crippen LogP contribution in [0.1, 0.15) is 27.2 Å². The molecule has 1 aliphatic heterocycles. The number of amides is 1. The van der Waals surface area contributed by atoms with Gasteiger partial charge in [0.25, 0.3) is 5.69 Å². The van der Waals surface area contributed by atoms with Crippen molar-refractivity contribution in [3.05, 3.63) is 34.4 Å². The van der Waals surface area contributed by atoms with Gasteiger partial charge < -0.3 is 19.3 Å². The summed E-state index contributed by atoms with van der Waals surface area (Å²) < 4.78 is 15.2. The smallest absolute Gasteiger partial charge is 0.480 e. The average Bonchev–Trinajstić information content (AvgIpc) is 2.98. The number of nitro groups is 1. The van der Waals surface area contributed by atoms with E-state index in [2.05, 4.69) is 0 Å². The molecule has 2 rings (SSSR count). The first-order valence-electron chi connectivity index (χ1n) is 8.31. The molecule has 28 heavy (non-hydrogen) atoms. The number of carbonyl (C=O) groups excluding carboxylic acids is 2. The Kier molecular flexibility index (Phi) is 6.06. The Labute approximate surface area is 159 Å². The summed E-state index contributed by atoms with van der Waals surface area (Å²) in [7, 11) is 0. The minimum absolute atomic E-state index is 0.0207. The predicted molar refractivity (Wildman–Crippen MR) is 93.0 cm³/mol. The number of nitro benzene ring substituents is 1. The summed E-state index contributed by atoms with van der Waals surface area (Å²) in [6, 6.07) is 3.56. The van der Waals surface area contributed by atoms with Crippen LogP contribution in [-0.4, -0.2) is 57.4 Å². The van der Waals surface area contributed by atoms with E-state index in [1.807, 2.05) is 0 Å². The van der Waals surface area contributed by atoms with Crippen LogP contribution in [0.3, 0.4) is 0 Å². The van der Waals surface area contributed by atoms with Gasteiger partial charge in [0.15, 0.2) is 0 Å². The van der Waals surface area contributed by atoms with Crippen LogP contribution in [0, 0.1) is 10.1 Å². The summed E-state index contributed by atoms with van der Waals surface area (Å²) in [6.07, 6.45) is -2.97. The van der Waals surface area contributed by atoms with E-state index < -0.39 is 40.9 Å². The van der Waals surface area contributed by atoms with E-state index in [4.69, 9.17) is 14.2 Å². The second-order valence-electron chi connectivity index (χ2n) is 7.07. The number of ether oxygens (including phenoxy) is 3. The highest BCUT2D eigenvalue weighted by atomic mass is 16.7. The van der Waals surface area contributed by atoms with Gasteiger partial charge in [-0.05, 0) is 32.9 Å². The van der Waals surface area contributed by atoms with Gasteiger partial charge in [-0.25, -0.2) is 14.4 Å². The number of nitrogens with zero attached hydrogens (tertiary/aromatic N) is 2. The van der Waals surface area contributed by atoms with E-state index in [-0.39, 0.29) is 24.4 Å². The topological polar surface area (TPSA) is 146 Å². The average molecular weight is 396 g/mol. The highest BCUT2D eigenvalue weighted by molar-refractivity contribution is 5.81. The van der Waals surface area contributed by atoms with Crippen molar-refractivity contribution in [2.45, 2.75) is 44.9 Å². The SMILES string of the molecule is CC(C)(C)OC(=O)N1C[C@@H](OC(=O)Oc2ccc([N+](=O)[O-])cc2)C[C@H]1C(=O)O. The number of non-ortho nitro benzene ring substituents is 1. The zero-order valence-electron chi connectivity index (χ0n) is 15.5. The third-order valence-corrected chi connectivity index (χ3v) is 3.69. The molecule has 1 aromatic rings. The van der Waals surface area contributed by atoms with E-state index in [0.29, 0.717) is 0 Å². The van der Waals surface area contributed by atoms with Crippen molar-refractivity contribution in [1.82, 2.24) is 4.90 Å². The van der Waals surface area contributed by atoms with Gasteiger partial charge in [-0.2, -0.15) is 0 Å². The Bertz CT molecular complexity index is 770. The number of carbonyl (C=O) groups is 3. The maximum atomic E-state index is 12.2. The number of carboxylic acid groups (broad SMARTS) is 1. The van der Waals surface area contributed by atoms with Gasteiger partial charge in [-0.3, -0.25) is 15.0 Å². The first kappa shape index (κ1) is 20.9. The van der Waals surface area contributed by atoms with Crippen LogP contribution in [0.15, 0.2) is 24.3 Å². The number of aliphatic carboxylic acids is 1. The van der Waals surface area contributed by atoms with Gasteiger partial charge in [0.2, 0.25) is 0 Å². The molecule has 1 aliphatic rings. The van der Waals surface area contributed by atoms with Crippen LogP contribution >= 0.6 is 0 Å². The third kappa shape index (κ3) is 5.56. The molecule has 2 atom stereocenters. The fraction of sp³-hybridized carbons (Fsp3) is 0.471. The third-order valence-electron chi connectivity index (χ3n) is 3.69. The van der Waals surface area contributed by atoms with Crippen LogP contribution < -0.4 is 4.74 Å². The van der Waals surface area contributed by atoms with Crippen LogP contribution in [0.4, 0.5) is 15.3 Å². The second kappa shape index (κ2) is 8.11. The van der Waals surface area contributed by atoms with Crippen LogP contribution in [-0.2, 0) is 14.3 Å². The van der Waals surface area contributed by atoms with Crippen LogP contribution in [0.2, 0.25) is 0 Å². The van der Waals surface area contributed by atoms with E-state index in [1.54, 1.807) is 20.8 Å². The summed E-state index contributed by atoms with van der Waals surface area (Å²) in [5.74, 6) is -1.23. The molecule has 0 aliphatic carbocycles. The maximum absolute atomic E-state index is 12.2. The lowest BCUT2D eigenvalue weighted by Crippen LogP contribution is -2.43. The van der Waals surface area contributed by atoms with E-state index in [9.17, 15) is 29.6 Å². The summed E-state index contributed by atoms with van der Waals surface area (Å²) >= 11 is 0. The zero-order valence-corrected chi connectivity index (χ0v) is 15.5. The molecule has 0 spiro atoms. The minimum atomic E-state index is -1.25. The summed E-state index contributed by atoms with van der Waals surface area (Å²) in [4.78, 5) is 46.5. The Morgan fingerprint density at radius 1 is 1.21 bits per heavy atom. The standard InChI is InChI=1S/C17H20N2O9/c1-17(2,3)28-15(22)18-9-12(8-13(18)14(20)21)27-16(23)26-11-6-4-10(5-7-11)19(24)25/h4-7,12-13H,8-9H2,1-3H3,(H,20,21)/t12-,13-/m0/s1. The van der Waals surface area contributed by atoms with Crippen molar-refractivity contribution in [2.24, 2.45) is 0 Å². The second-order valence-corrected chi connectivity index (χ2v) is 7.07. The first-order chi connectivity index (χ1) is 13.0. The van der Waals surface area contributed by atoms with Crippen molar-refractivity contribution < 1.29 is 38.6 Å². The molecule has 1 saturated heterocycles. The number of rotatable bonds is 4. The molecule has 11 heteroatoms. The number of likely N-dealkylation sites (tertiary alicyclic amines) is 1. The molecular weight excluding hydrogens is 376 g/mol. The Balaban J connectivity index is 1.97. The van der Waals surface area contributed by atoms with Gasteiger partial charge in [0.05, 0.1) is 11.5 Å². The van der Waals surface area contributed by atoms with Crippen LogP contribution in [0.5, 0.6) is 5.75 Å². The van der Waals surface area contributed by atoms with Crippen molar-refractivity contribution in [1.29, 1.82) is 0 Å². The van der Waals surface area contributed by atoms with E-state index >= 15 is 0 Å². The number of benzene rings is 1. The van der Waals surface area contributed by atoms with Crippen molar-refractivity contribution in [2.75, 3.05) is 6.54 Å². The molecule has 1 heterocycles. The summed E-state index contributed by atoms with van der Waals surface area (Å²) in [5, 5.41) is 19.9. The van der Waals surface area contributed by atoms with Gasteiger partial charge >= 0.3 is 18.2 Å². The Morgan fingerprint density at radius 2 is 1.82 bits per heavy atom. The monoisotopic (exact) mass is 396 g/mol. The number of hydrogen-bond donors (Lipinski definition) is 1. The predicted octanol–water partition coefficient (Wildman–Crippen LogP) is 2.57. The maximum Gasteiger partial charge on any atom is 0.514 e. The molecular formula is C17H20N2O9. The molecule has 1 N–H and O–H groups in total. The Morgan fingerprint density at radius 3 is 2.32 bits per heavy atom. The quantitative estimate of drug-likeness (QED) is 0.351. The Hall–Kier alpha value is -3.37. The summed E-state index contributed by atoms with van der Waals surface area (Å²) in [6.45, 7) is 4.77. The molecule has 1 aromatic carbocycles. The highest BCUT2D eigenvalue weighted by Crippen LogP contribution is 2.24. The molecule has 0 radical (unpaired) electrons. The van der Waals surface area contributed by atoms with Crippen molar-refractivity contribution in [3.8, 4) is 5.75 Å². The van der Waals surface area contributed by atoms with Crippen molar-refractivity contribution >= 4 is 23.9 Å². The normalized spacial score (nSPS) is 19.0. The zero-order chi connectivity index (χ0) is 21.1. The lowest BCUT2D eigenvalue weighted by atomic mass is 10.2. The van der Waals surface area contributed by atoms with Gasteiger partial charge in [0, 0.05) is 18.6 Å².